The zero-order valence-electron chi connectivity index (χ0n) is 24.0. The number of fused-ring (bicyclic) bond motifs is 5. The molecular weight excluding hydrogens is 568 g/mol. The van der Waals surface area contributed by atoms with Gasteiger partial charge < -0.3 is 10.4 Å². The summed E-state index contributed by atoms with van der Waals surface area (Å²) in [7, 11) is -3.99. The molecule has 4 fully saturated rings. The topological polar surface area (TPSA) is 113 Å². The second-order valence-electron chi connectivity index (χ2n) is 13.7. The van der Waals surface area contributed by atoms with E-state index in [4.69, 9.17) is 11.6 Å². The number of carbonyl (C=O) groups excluding carboxylic acids is 2. The van der Waals surface area contributed by atoms with Crippen LogP contribution in [-0.2, 0) is 19.6 Å². The molecule has 4 aliphatic carbocycles. The lowest BCUT2D eigenvalue weighted by atomic mass is 9.44. The molecule has 0 aromatic carbocycles. The van der Waals surface area contributed by atoms with Crippen LogP contribution in [0.3, 0.4) is 0 Å². The largest absolute Gasteiger partial charge is 0.393 e. The van der Waals surface area contributed by atoms with Crippen LogP contribution in [0.15, 0.2) is 16.3 Å². The molecule has 1 aromatic heterocycles. The molecule has 4 saturated carbocycles. The Kier molecular flexibility index (Phi) is 8.71. The summed E-state index contributed by atoms with van der Waals surface area (Å²) in [6, 6.07) is 2.80. The fourth-order valence-electron chi connectivity index (χ4n) is 9.72. The maximum atomic E-state index is 12.6. The fourth-order valence-corrected chi connectivity index (χ4v) is 12.2. The average molecular weight is 613 g/mol. The van der Waals surface area contributed by atoms with Gasteiger partial charge in [-0.15, -0.1) is 11.3 Å². The summed E-state index contributed by atoms with van der Waals surface area (Å²) in [4.78, 5) is 24.8. The Balaban J connectivity index is 1.11. The molecule has 0 saturated heterocycles. The van der Waals surface area contributed by atoms with Crippen LogP contribution in [0.1, 0.15) is 91.4 Å². The Morgan fingerprint density at radius 2 is 1.77 bits per heavy atom. The first-order valence-corrected chi connectivity index (χ1v) is 17.8. The molecule has 0 radical (unpaired) electrons. The second-order valence-corrected chi connectivity index (χ2v) is 17.3. The summed E-state index contributed by atoms with van der Waals surface area (Å²) < 4.78 is 26.9. The van der Waals surface area contributed by atoms with Crippen molar-refractivity contribution >= 4 is 44.8 Å². The van der Waals surface area contributed by atoms with Gasteiger partial charge >= 0.3 is 0 Å². The van der Waals surface area contributed by atoms with E-state index < -0.39 is 15.9 Å². The van der Waals surface area contributed by atoms with Crippen LogP contribution >= 0.6 is 22.9 Å². The number of carbonyl (C=O) groups is 2. The Hall–Kier alpha value is -1.16. The van der Waals surface area contributed by atoms with Crippen LogP contribution in [0.5, 0.6) is 0 Å². The van der Waals surface area contributed by atoms with Gasteiger partial charge in [0.15, 0.2) is 0 Å². The number of aliphatic hydroxyl groups is 1. The SMILES string of the molecule is CC(CCC(=O)NCC(=O)NS(=O)(=O)c1ccc(Cl)s1)C1CCC2C3CCC4CC(O)CCC4(C)C3CCC12C. The van der Waals surface area contributed by atoms with Crippen molar-refractivity contribution in [3.63, 3.8) is 0 Å². The van der Waals surface area contributed by atoms with E-state index in [1.807, 2.05) is 4.72 Å². The average Bonchev–Trinajstić information content (AvgIpc) is 3.49. The summed E-state index contributed by atoms with van der Waals surface area (Å²) in [5.41, 5.74) is 0.696. The maximum Gasteiger partial charge on any atom is 0.273 e. The van der Waals surface area contributed by atoms with Crippen LogP contribution in [0.4, 0.5) is 0 Å². The molecule has 0 spiro atoms. The molecular formula is C30H45ClN2O5S2. The van der Waals surface area contributed by atoms with E-state index in [2.05, 4.69) is 26.1 Å². The number of amides is 2. The molecule has 3 N–H and O–H groups in total. The minimum atomic E-state index is -3.99. The number of sulfonamides is 1. The van der Waals surface area contributed by atoms with Crippen molar-refractivity contribution < 1.29 is 23.1 Å². The summed E-state index contributed by atoms with van der Waals surface area (Å²) in [6.45, 7) is 6.95. The molecule has 1 aromatic rings. The van der Waals surface area contributed by atoms with Gasteiger partial charge in [0.2, 0.25) is 5.91 Å². The third-order valence-electron chi connectivity index (χ3n) is 11.7. The van der Waals surface area contributed by atoms with Gasteiger partial charge in [-0.2, -0.15) is 0 Å². The molecule has 7 nitrogen and oxygen atoms in total. The van der Waals surface area contributed by atoms with Crippen molar-refractivity contribution in [1.29, 1.82) is 0 Å². The van der Waals surface area contributed by atoms with Crippen molar-refractivity contribution in [2.75, 3.05) is 6.54 Å². The van der Waals surface area contributed by atoms with Gasteiger partial charge in [-0.05, 0) is 123 Å². The standard InChI is InChI=1S/C30H45ClN2O5S2/c1-18(4-10-26(35)32-17-27(36)33-40(37,38)28-11-9-25(31)39-28)22-7-8-23-21-6-5-19-16-20(34)12-14-29(19,2)24(21)13-15-30(22,23)3/h9,11,18-24,34H,4-8,10,12-17H2,1-3H3,(H,32,35)(H,33,36). The number of rotatable bonds is 8. The highest BCUT2D eigenvalue weighted by Crippen LogP contribution is 2.68. The molecule has 10 heteroatoms. The fraction of sp³-hybridized carbons (Fsp3) is 0.800. The van der Waals surface area contributed by atoms with E-state index in [9.17, 15) is 23.1 Å². The number of hydrogen-bond donors (Lipinski definition) is 3. The van der Waals surface area contributed by atoms with E-state index in [1.165, 1.54) is 57.1 Å². The first kappa shape index (κ1) is 30.3. The number of aliphatic hydroxyl groups excluding tert-OH is 1. The zero-order valence-corrected chi connectivity index (χ0v) is 26.3. The van der Waals surface area contributed by atoms with Crippen molar-refractivity contribution in [3.8, 4) is 0 Å². The molecule has 2 amide bonds. The minimum absolute atomic E-state index is 0.0388. The van der Waals surface area contributed by atoms with E-state index in [0.29, 0.717) is 39.3 Å². The number of hydrogen-bond acceptors (Lipinski definition) is 6. The highest BCUT2D eigenvalue weighted by molar-refractivity contribution is 7.92. The van der Waals surface area contributed by atoms with Crippen LogP contribution in [0, 0.1) is 46.3 Å². The highest BCUT2D eigenvalue weighted by Gasteiger charge is 2.60. The first-order valence-electron chi connectivity index (χ1n) is 15.1. The van der Waals surface area contributed by atoms with Crippen LogP contribution in [-0.4, -0.2) is 38.0 Å². The molecule has 5 rings (SSSR count). The lowest BCUT2D eigenvalue weighted by Crippen LogP contribution is -2.54. The highest BCUT2D eigenvalue weighted by atomic mass is 35.5. The molecule has 0 aliphatic heterocycles. The molecule has 9 atom stereocenters. The molecule has 4 aliphatic rings. The van der Waals surface area contributed by atoms with E-state index in [1.54, 1.807) is 0 Å². The molecule has 1 heterocycles. The van der Waals surface area contributed by atoms with Crippen LogP contribution in [0.25, 0.3) is 0 Å². The van der Waals surface area contributed by atoms with Gasteiger partial charge in [0.05, 0.1) is 17.0 Å². The quantitative estimate of drug-likeness (QED) is 0.346. The second kappa shape index (κ2) is 11.5. The predicted molar refractivity (Wildman–Crippen MR) is 157 cm³/mol. The first-order chi connectivity index (χ1) is 18.8. The Bertz CT molecular complexity index is 1220. The molecule has 224 valence electrons. The summed E-state index contributed by atoms with van der Waals surface area (Å²) in [5.74, 6) is 2.99. The van der Waals surface area contributed by atoms with Gasteiger partial charge in [-0.3, -0.25) is 9.59 Å². The molecule has 9 unspecified atom stereocenters. The number of thiophene rings is 1. The van der Waals surface area contributed by atoms with Gasteiger partial charge in [0, 0.05) is 6.42 Å². The van der Waals surface area contributed by atoms with E-state index in [-0.39, 0.29) is 22.8 Å². The summed E-state index contributed by atoms with van der Waals surface area (Å²) in [5, 5.41) is 12.9. The minimum Gasteiger partial charge on any atom is -0.393 e. The normalized spacial score (nSPS) is 38.0. The van der Waals surface area contributed by atoms with Gasteiger partial charge in [-0.25, -0.2) is 13.1 Å². The van der Waals surface area contributed by atoms with Crippen LogP contribution in [0.2, 0.25) is 4.34 Å². The lowest BCUT2D eigenvalue weighted by Gasteiger charge is -2.61. The van der Waals surface area contributed by atoms with Crippen molar-refractivity contribution in [2.24, 2.45) is 46.3 Å². The van der Waals surface area contributed by atoms with Gasteiger partial charge in [0.1, 0.15) is 4.21 Å². The van der Waals surface area contributed by atoms with E-state index >= 15 is 0 Å². The number of halogens is 1. The lowest BCUT2D eigenvalue weighted by molar-refractivity contribution is -0.130. The third kappa shape index (κ3) is 5.73. The zero-order chi connectivity index (χ0) is 28.9. The van der Waals surface area contributed by atoms with Gasteiger partial charge in [-0.1, -0.05) is 32.4 Å². The van der Waals surface area contributed by atoms with Crippen molar-refractivity contribution in [3.05, 3.63) is 16.5 Å². The summed E-state index contributed by atoms with van der Waals surface area (Å²) in [6.07, 6.45) is 11.7. The molecule has 0 bridgehead atoms. The van der Waals surface area contributed by atoms with Crippen LogP contribution < -0.4 is 10.0 Å². The number of nitrogens with one attached hydrogen (secondary N) is 2. The Morgan fingerprint density at radius 3 is 2.50 bits per heavy atom. The Morgan fingerprint density at radius 1 is 1.05 bits per heavy atom. The smallest absolute Gasteiger partial charge is 0.273 e. The Labute approximate surface area is 248 Å². The van der Waals surface area contributed by atoms with Crippen molar-refractivity contribution in [2.45, 2.75) is 102 Å². The third-order valence-corrected chi connectivity index (χ3v) is 14.8. The van der Waals surface area contributed by atoms with E-state index in [0.717, 1.165) is 48.4 Å². The monoisotopic (exact) mass is 612 g/mol. The van der Waals surface area contributed by atoms with Crippen molar-refractivity contribution in [1.82, 2.24) is 10.0 Å². The summed E-state index contributed by atoms with van der Waals surface area (Å²) >= 11 is 6.67. The maximum absolute atomic E-state index is 12.6. The predicted octanol–water partition coefficient (Wildman–Crippen LogP) is 5.76. The molecule has 40 heavy (non-hydrogen) atoms. The van der Waals surface area contributed by atoms with Gasteiger partial charge in [0.25, 0.3) is 15.9 Å².